The molecule has 0 aromatic rings. The van der Waals surface area contributed by atoms with Gasteiger partial charge in [0.1, 0.15) is 5.60 Å². The quantitative estimate of drug-likeness (QED) is 0.0876. The monoisotopic (exact) mass is 611 g/mol. The summed E-state index contributed by atoms with van der Waals surface area (Å²) >= 11 is 0. The molecule has 0 bridgehead atoms. The smallest absolute Gasteiger partial charge is 0.407 e. The van der Waals surface area contributed by atoms with Gasteiger partial charge in [0, 0.05) is 37.6 Å². The highest BCUT2D eigenvalue weighted by Gasteiger charge is 2.26. The van der Waals surface area contributed by atoms with Crippen LogP contribution in [-0.2, 0) is 23.8 Å². The van der Waals surface area contributed by atoms with Crippen LogP contribution in [0, 0.1) is 10.8 Å². The summed E-state index contributed by atoms with van der Waals surface area (Å²) in [5.74, 6) is -0.0162. The first-order chi connectivity index (χ1) is 20.0. The van der Waals surface area contributed by atoms with E-state index < -0.39 is 17.1 Å². The molecular weight excluding hydrogens is 546 g/mol. The molecule has 0 heterocycles. The Balaban J connectivity index is 3.90. The third-order valence-corrected chi connectivity index (χ3v) is 7.15. The maximum atomic E-state index is 12.7. The van der Waals surface area contributed by atoms with Gasteiger partial charge in [0.05, 0.1) is 19.3 Å². The second kappa shape index (κ2) is 21.6. The molecule has 0 rings (SSSR count). The van der Waals surface area contributed by atoms with Gasteiger partial charge in [0.25, 0.3) is 0 Å². The summed E-state index contributed by atoms with van der Waals surface area (Å²) in [7, 11) is 0. The predicted molar refractivity (Wildman–Crippen MR) is 175 cm³/mol. The second-order valence-electron chi connectivity index (χ2n) is 14.1. The van der Waals surface area contributed by atoms with Crippen molar-refractivity contribution < 1.29 is 28.6 Å². The van der Waals surface area contributed by atoms with Gasteiger partial charge in [-0.15, -0.1) is 0 Å². The van der Waals surface area contributed by atoms with E-state index in [4.69, 9.17) is 14.2 Å². The number of rotatable bonds is 23. The first kappa shape index (κ1) is 40.9. The van der Waals surface area contributed by atoms with Crippen LogP contribution in [0.25, 0.3) is 0 Å². The fraction of sp³-hybridized carbons (Fsp3) is 0.853. The van der Waals surface area contributed by atoms with Gasteiger partial charge in [-0.3, -0.25) is 9.59 Å². The minimum atomic E-state index is -0.532. The summed E-state index contributed by atoms with van der Waals surface area (Å²) < 4.78 is 16.6. The van der Waals surface area contributed by atoms with Crippen molar-refractivity contribution in [2.75, 3.05) is 32.9 Å². The topological polar surface area (TPSA) is 115 Å². The SMILES string of the molecule is CCCC(C)(C)C/C=C\CCCC(C)(C)C(=O)NCCOC(C)CCNC(=O)CCOCCC(C)NC(=O)OC(C)(C)C. The lowest BCUT2D eigenvalue weighted by Crippen LogP contribution is -2.39. The lowest BCUT2D eigenvalue weighted by atomic mass is 9.84. The average molecular weight is 612 g/mol. The fourth-order valence-electron chi connectivity index (χ4n) is 4.43. The van der Waals surface area contributed by atoms with Gasteiger partial charge < -0.3 is 30.2 Å². The minimum absolute atomic E-state index is 0.0329. The van der Waals surface area contributed by atoms with E-state index in [0.29, 0.717) is 51.2 Å². The van der Waals surface area contributed by atoms with E-state index in [-0.39, 0.29) is 30.4 Å². The van der Waals surface area contributed by atoms with Crippen LogP contribution in [-0.4, -0.2) is 68.6 Å². The maximum absolute atomic E-state index is 12.7. The van der Waals surface area contributed by atoms with E-state index in [1.165, 1.54) is 12.8 Å². The van der Waals surface area contributed by atoms with Crippen molar-refractivity contribution in [3.8, 4) is 0 Å². The standard InChI is InChI=1S/C34H65N3O6/c1-11-19-33(7,8)20-14-12-13-15-21-34(9,10)30(39)36-23-26-42-28(3)16-22-35-29(38)18-25-41-24-17-27(2)37-31(40)43-32(4,5)6/h12,14,27-28H,11,13,15-26H2,1-10H3,(H,35,38)(H,36,39)(H,37,40)/b14-12-. The molecule has 0 radical (unpaired) electrons. The van der Waals surface area contributed by atoms with E-state index in [2.05, 4.69) is 48.9 Å². The van der Waals surface area contributed by atoms with Gasteiger partial charge in [-0.05, 0) is 85.0 Å². The largest absolute Gasteiger partial charge is 0.444 e. The van der Waals surface area contributed by atoms with Crippen LogP contribution >= 0.6 is 0 Å². The molecule has 43 heavy (non-hydrogen) atoms. The number of unbranched alkanes of at least 4 members (excludes halogenated alkanes) is 1. The Kier molecular flexibility index (Phi) is 20.5. The Morgan fingerprint density at radius 2 is 1.53 bits per heavy atom. The van der Waals surface area contributed by atoms with Crippen molar-refractivity contribution in [1.82, 2.24) is 16.0 Å². The Labute approximate surface area is 263 Å². The van der Waals surface area contributed by atoms with Gasteiger partial charge in [0.15, 0.2) is 0 Å². The number of alkyl carbamates (subject to hydrolysis) is 1. The zero-order valence-electron chi connectivity index (χ0n) is 29.2. The van der Waals surface area contributed by atoms with Gasteiger partial charge >= 0.3 is 6.09 Å². The van der Waals surface area contributed by atoms with Gasteiger partial charge in [0.2, 0.25) is 11.8 Å². The summed E-state index contributed by atoms with van der Waals surface area (Å²) in [6, 6.07) is -0.0875. The molecule has 3 N–H and O–H groups in total. The van der Waals surface area contributed by atoms with Gasteiger partial charge in [-0.2, -0.15) is 0 Å². The summed E-state index contributed by atoms with van der Waals surface area (Å²) in [5.41, 5.74) is -0.585. The zero-order chi connectivity index (χ0) is 32.9. The van der Waals surface area contributed by atoms with E-state index in [9.17, 15) is 14.4 Å². The molecule has 252 valence electrons. The highest BCUT2D eigenvalue weighted by Crippen LogP contribution is 2.27. The van der Waals surface area contributed by atoms with Crippen LogP contribution in [0.4, 0.5) is 4.79 Å². The van der Waals surface area contributed by atoms with Crippen LogP contribution in [0.2, 0.25) is 0 Å². The number of ether oxygens (including phenoxy) is 3. The molecule has 0 aliphatic carbocycles. The number of hydrogen-bond donors (Lipinski definition) is 3. The van der Waals surface area contributed by atoms with Crippen LogP contribution in [0.5, 0.6) is 0 Å². The molecule has 2 unspecified atom stereocenters. The molecule has 0 aliphatic rings. The molecule has 9 heteroatoms. The molecule has 0 aliphatic heterocycles. The Morgan fingerprint density at radius 1 is 0.837 bits per heavy atom. The summed E-state index contributed by atoms with van der Waals surface area (Å²) in [5, 5.41) is 8.66. The lowest BCUT2D eigenvalue weighted by molar-refractivity contribution is -0.130. The lowest BCUT2D eigenvalue weighted by Gasteiger charge is -2.24. The number of carbonyl (C=O) groups is 3. The summed E-state index contributed by atoms with van der Waals surface area (Å²) in [4.78, 5) is 36.5. The van der Waals surface area contributed by atoms with Crippen LogP contribution in [0.15, 0.2) is 12.2 Å². The van der Waals surface area contributed by atoms with Crippen LogP contribution in [0.1, 0.15) is 127 Å². The average Bonchev–Trinajstić information content (AvgIpc) is 2.87. The Morgan fingerprint density at radius 3 is 2.19 bits per heavy atom. The zero-order valence-corrected chi connectivity index (χ0v) is 29.2. The van der Waals surface area contributed by atoms with Crippen LogP contribution in [0.3, 0.4) is 0 Å². The molecule has 9 nitrogen and oxygen atoms in total. The molecule has 0 fully saturated rings. The summed E-state index contributed by atoms with van der Waals surface area (Å²) in [6.45, 7) is 22.3. The van der Waals surface area contributed by atoms with Crippen molar-refractivity contribution in [1.29, 1.82) is 0 Å². The second-order valence-corrected chi connectivity index (χ2v) is 14.1. The number of nitrogens with one attached hydrogen (secondary N) is 3. The van der Waals surface area contributed by atoms with E-state index in [1.807, 2.05) is 48.5 Å². The molecule has 0 spiro atoms. The van der Waals surface area contributed by atoms with Gasteiger partial charge in [-0.1, -0.05) is 53.2 Å². The van der Waals surface area contributed by atoms with E-state index >= 15 is 0 Å². The number of allylic oxidation sites excluding steroid dienone is 2. The van der Waals surface area contributed by atoms with E-state index in [0.717, 1.165) is 25.7 Å². The Bertz CT molecular complexity index is 819. The first-order valence-electron chi connectivity index (χ1n) is 16.4. The molecule has 3 amide bonds. The first-order valence-corrected chi connectivity index (χ1v) is 16.4. The molecule has 0 saturated carbocycles. The van der Waals surface area contributed by atoms with Gasteiger partial charge in [-0.25, -0.2) is 4.79 Å². The van der Waals surface area contributed by atoms with Crippen LogP contribution < -0.4 is 16.0 Å². The minimum Gasteiger partial charge on any atom is -0.444 e. The molecule has 0 aromatic carbocycles. The number of amides is 3. The third-order valence-electron chi connectivity index (χ3n) is 7.15. The Hall–Kier alpha value is -2.13. The fourth-order valence-corrected chi connectivity index (χ4v) is 4.43. The highest BCUT2D eigenvalue weighted by atomic mass is 16.6. The van der Waals surface area contributed by atoms with Crippen molar-refractivity contribution in [3.05, 3.63) is 12.2 Å². The molecular formula is C34H65N3O6. The van der Waals surface area contributed by atoms with Crippen molar-refractivity contribution in [2.24, 2.45) is 10.8 Å². The predicted octanol–water partition coefficient (Wildman–Crippen LogP) is 6.69. The molecule has 0 saturated heterocycles. The van der Waals surface area contributed by atoms with Crippen molar-refractivity contribution in [2.45, 2.75) is 145 Å². The van der Waals surface area contributed by atoms with Crippen molar-refractivity contribution >= 4 is 17.9 Å². The van der Waals surface area contributed by atoms with E-state index in [1.54, 1.807) is 0 Å². The summed E-state index contributed by atoms with van der Waals surface area (Å²) in [6.07, 6.45) is 12.0. The number of carbonyl (C=O) groups excluding carboxylic acids is 3. The third kappa shape index (κ3) is 23.9. The maximum Gasteiger partial charge on any atom is 0.407 e. The normalized spacial score (nSPS) is 13.9. The highest BCUT2D eigenvalue weighted by molar-refractivity contribution is 5.81. The molecule has 2 atom stereocenters. The number of hydrogen-bond acceptors (Lipinski definition) is 6. The van der Waals surface area contributed by atoms with Crippen molar-refractivity contribution in [3.63, 3.8) is 0 Å². The molecule has 0 aromatic heterocycles.